The Morgan fingerprint density at radius 2 is 1.83 bits per heavy atom. The van der Waals surface area contributed by atoms with E-state index in [4.69, 9.17) is 0 Å². The first-order valence-electron chi connectivity index (χ1n) is 9.58. The van der Waals surface area contributed by atoms with Gasteiger partial charge in [-0.3, -0.25) is 4.79 Å². The van der Waals surface area contributed by atoms with E-state index in [2.05, 4.69) is 15.3 Å². The summed E-state index contributed by atoms with van der Waals surface area (Å²) >= 11 is 1.54. The predicted octanol–water partition coefficient (Wildman–Crippen LogP) is 4.32. The van der Waals surface area contributed by atoms with Gasteiger partial charge in [-0.15, -0.1) is 0 Å². The molecular formula is C23H21N3O3S. The van der Waals surface area contributed by atoms with Gasteiger partial charge < -0.3 is 15.4 Å². The Bertz CT molecular complexity index is 1220. The molecule has 7 heteroatoms. The minimum absolute atomic E-state index is 0.196. The number of aromatic nitrogens is 2. The van der Waals surface area contributed by atoms with E-state index >= 15 is 0 Å². The third-order valence-electron chi connectivity index (χ3n) is 4.99. The zero-order valence-corrected chi connectivity index (χ0v) is 17.2. The number of para-hydroxylation sites is 1. The van der Waals surface area contributed by atoms with E-state index in [9.17, 15) is 14.7 Å². The molecule has 0 aliphatic rings. The second-order valence-corrected chi connectivity index (χ2v) is 7.95. The molecular weight excluding hydrogens is 398 g/mol. The Balaban J connectivity index is 1.83. The number of nitrogens with one attached hydrogen (secondary N) is 2. The van der Waals surface area contributed by atoms with Crippen molar-refractivity contribution in [3.8, 4) is 11.3 Å². The molecule has 3 N–H and O–H groups in total. The molecule has 0 aliphatic heterocycles. The fourth-order valence-corrected chi connectivity index (χ4v) is 3.96. The first kappa shape index (κ1) is 20.0. The van der Waals surface area contributed by atoms with Crippen molar-refractivity contribution in [1.29, 1.82) is 0 Å². The SMILES string of the molecule is CSCCC(NC(=O)c1cc2c([nH]c3ccccc32)c(-c2ccccc2)n1)C(=O)O. The van der Waals surface area contributed by atoms with Crippen molar-refractivity contribution >= 4 is 45.4 Å². The lowest BCUT2D eigenvalue weighted by Crippen LogP contribution is -2.41. The standard InChI is InChI=1S/C23H21N3O3S/c1-30-12-11-18(23(28)29)26-22(27)19-13-16-15-9-5-6-10-17(15)24-21(16)20(25-19)14-7-3-2-4-8-14/h2-10,13,18,24H,11-12H2,1H3,(H,26,27)(H,28,29). The summed E-state index contributed by atoms with van der Waals surface area (Å²) in [6.45, 7) is 0. The van der Waals surface area contributed by atoms with Crippen LogP contribution < -0.4 is 5.32 Å². The molecule has 30 heavy (non-hydrogen) atoms. The number of hydrogen-bond acceptors (Lipinski definition) is 4. The smallest absolute Gasteiger partial charge is 0.326 e. The first-order valence-corrected chi connectivity index (χ1v) is 11.0. The molecule has 0 saturated carbocycles. The summed E-state index contributed by atoms with van der Waals surface area (Å²) in [6.07, 6.45) is 2.25. The van der Waals surface area contributed by atoms with E-state index in [-0.39, 0.29) is 5.69 Å². The average Bonchev–Trinajstić information content (AvgIpc) is 3.15. The molecule has 0 radical (unpaired) electrons. The number of carbonyl (C=O) groups excluding carboxylic acids is 1. The van der Waals surface area contributed by atoms with Gasteiger partial charge >= 0.3 is 5.97 Å². The normalized spacial score (nSPS) is 12.2. The van der Waals surface area contributed by atoms with Gasteiger partial charge in [0.2, 0.25) is 0 Å². The van der Waals surface area contributed by atoms with Crippen molar-refractivity contribution in [2.75, 3.05) is 12.0 Å². The summed E-state index contributed by atoms with van der Waals surface area (Å²) in [7, 11) is 0. The van der Waals surface area contributed by atoms with Crippen molar-refractivity contribution in [2.45, 2.75) is 12.5 Å². The zero-order valence-electron chi connectivity index (χ0n) is 16.4. The fraction of sp³-hybridized carbons (Fsp3) is 0.174. The summed E-state index contributed by atoms with van der Waals surface area (Å²) in [4.78, 5) is 32.5. The maximum Gasteiger partial charge on any atom is 0.326 e. The number of aliphatic carboxylic acids is 1. The van der Waals surface area contributed by atoms with Gasteiger partial charge in [0.25, 0.3) is 5.91 Å². The molecule has 2 aromatic carbocycles. The summed E-state index contributed by atoms with van der Waals surface area (Å²) in [5.74, 6) is -0.900. The molecule has 2 aromatic heterocycles. The largest absolute Gasteiger partial charge is 0.480 e. The van der Waals surface area contributed by atoms with Crippen LogP contribution in [0.3, 0.4) is 0 Å². The molecule has 0 spiro atoms. The van der Waals surface area contributed by atoms with E-state index < -0.39 is 17.9 Å². The van der Waals surface area contributed by atoms with E-state index in [1.165, 1.54) is 0 Å². The Morgan fingerprint density at radius 3 is 2.57 bits per heavy atom. The molecule has 6 nitrogen and oxygen atoms in total. The van der Waals surface area contributed by atoms with Gasteiger partial charge in [0.15, 0.2) is 0 Å². The summed E-state index contributed by atoms with van der Waals surface area (Å²) in [6, 6.07) is 18.3. The predicted molar refractivity (Wildman–Crippen MR) is 121 cm³/mol. The molecule has 4 rings (SSSR count). The number of hydrogen-bond donors (Lipinski definition) is 3. The van der Waals surface area contributed by atoms with Gasteiger partial charge in [0.1, 0.15) is 11.7 Å². The number of carboxylic acids is 1. The number of thioether (sulfide) groups is 1. The Morgan fingerprint density at radius 1 is 1.10 bits per heavy atom. The fourth-order valence-electron chi connectivity index (χ4n) is 3.49. The number of carbonyl (C=O) groups is 2. The van der Waals surface area contributed by atoms with E-state index in [1.807, 2.05) is 60.9 Å². The van der Waals surface area contributed by atoms with Crippen molar-refractivity contribution in [3.63, 3.8) is 0 Å². The Kier molecular flexibility index (Phi) is 5.72. The minimum atomic E-state index is -1.05. The number of rotatable bonds is 7. The quantitative estimate of drug-likeness (QED) is 0.415. The average molecular weight is 420 g/mol. The van der Waals surface area contributed by atoms with Crippen LogP contribution in [0.1, 0.15) is 16.9 Å². The van der Waals surface area contributed by atoms with Gasteiger partial charge in [0, 0.05) is 21.9 Å². The molecule has 0 fully saturated rings. The van der Waals surface area contributed by atoms with Crippen LogP contribution in [0, 0.1) is 0 Å². The van der Waals surface area contributed by atoms with E-state index in [0.717, 1.165) is 27.4 Å². The first-order chi connectivity index (χ1) is 14.6. The minimum Gasteiger partial charge on any atom is -0.480 e. The molecule has 1 atom stereocenters. The number of amides is 1. The third-order valence-corrected chi connectivity index (χ3v) is 5.63. The van der Waals surface area contributed by atoms with Gasteiger partial charge in [-0.05, 0) is 30.6 Å². The van der Waals surface area contributed by atoms with Crippen LogP contribution in [0.5, 0.6) is 0 Å². The van der Waals surface area contributed by atoms with E-state index in [1.54, 1.807) is 17.8 Å². The number of benzene rings is 2. The molecule has 4 aromatic rings. The van der Waals surface area contributed by atoms with Crippen molar-refractivity contribution in [2.24, 2.45) is 0 Å². The molecule has 0 saturated heterocycles. The van der Waals surface area contributed by atoms with Crippen molar-refractivity contribution < 1.29 is 14.7 Å². The monoisotopic (exact) mass is 419 g/mol. The number of aromatic amines is 1. The second kappa shape index (κ2) is 8.59. The molecule has 2 heterocycles. The molecule has 152 valence electrons. The van der Waals surface area contributed by atoms with Gasteiger partial charge in [0.05, 0.1) is 11.2 Å². The van der Waals surface area contributed by atoms with Crippen LogP contribution in [0.25, 0.3) is 33.1 Å². The lowest BCUT2D eigenvalue weighted by molar-refractivity contribution is -0.139. The van der Waals surface area contributed by atoms with Crippen LogP contribution in [0.2, 0.25) is 0 Å². The number of fused-ring (bicyclic) bond motifs is 3. The van der Waals surface area contributed by atoms with Crippen LogP contribution >= 0.6 is 11.8 Å². The zero-order chi connectivity index (χ0) is 21.1. The van der Waals surface area contributed by atoms with Crippen LogP contribution in [0.4, 0.5) is 0 Å². The summed E-state index contributed by atoms with van der Waals surface area (Å²) in [5, 5.41) is 13.9. The van der Waals surface area contributed by atoms with Gasteiger partial charge in [-0.1, -0.05) is 48.5 Å². The maximum absolute atomic E-state index is 13.0. The third kappa shape index (κ3) is 3.89. The molecule has 0 bridgehead atoms. The number of nitrogens with zero attached hydrogens (tertiary/aromatic N) is 1. The van der Waals surface area contributed by atoms with Crippen LogP contribution in [-0.4, -0.2) is 45.0 Å². The second-order valence-electron chi connectivity index (χ2n) is 6.96. The van der Waals surface area contributed by atoms with Crippen molar-refractivity contribution in [3.05, 3.63) is 66.4 Å². The lowest BCUT2D eigenvalue weighted by Gasteiger charge is -2.14. The number of H-pyrrole nitrogens is 1. The number of carboxylic acid groups (broad SMARTS) is 1. The summed E-state index contributed by atoms with van der Waals surface area (Å²) < 4.78 is 0. The molecule has 1 unspecified atom stereocenters. The summed E-state index contributed by atoms with van der Waals surface area (Å²) in [5.41, 5.74) is 3.52. The molecule has 1 amide bonds. The van der Waals surface area contributed by atoms with Gasteiger partial charge in [-0.25, -0.2) is 9.78 Å². The Labute approximate surface area is 177 Å². The molecule has 0 aliphatic carbocycles. The van der Waals surface area contributed by atoms with Crippen LogP contribution in [-0.2, 0) is 4.79 Å². The van der Waals surface area contributed by atoms with Gasteiger partial charge in [-0.2, -0.15) is 11.8 Å². The topological polar surface area (TPSA) is 95.1 Å². The Hall–Kier alpha value is -3.32. The highest BCUT2D eigenvalue weighted by molar-refractivity contribution is 7.98. The maximum atomic E-state index is 13.0. The van der Waals surface area contributed by atoms with Crippen LogP contribution in [0.15, 0.2) is 60.7 Å². The highest BCUT2D eigenvalue weighted by Gasteiger charge is 2.23. The number of pyridine rings is 1. The van der Waals surface area contributed by atoms with Crippen molar-refractivity contribution in [1.82, 2.24) is 15.3 Å². The lowest BCUT2D eigenvalue weighted by atomic mass is 10.1. The highest BCUT2D eigenvalue weighted by Crippen LogP contribution is 2.32. The highest BCUT2D eigenvalue weighted by atomic mass is 32.2. The van der Waals surface area contributed by atoms with E-state index in [0.29, 0.717) is 17.9 Å².